The molecule has 0 N–H and O–H groups in total. The van der Waals surface area contributed by atoms with Crippen molar-refractivity contribution >= 4 is 10.9 Å². The van der Waals surface area contributed by atoms with Gasteiger partial charge in [-0.2, -0.15) is 5.26 Å². The van der Waals surface area contributed by atoms with Gasteiger partial charge in [-0.15, -0.1) is 0 Å². The summed E-state index contributed by atoms with van der Waals surface area (Å²) in [7, 11) is 0. The van der Waals surface area contributed by atoms with Gasteiger partial charge in [0.05, 0.1) is 11.6 Å². The summed E-state index contributed by atoms with van der Waals surface area (Å²) >= 11 is 0. The SMILES string of the molecule is CCc1ccc2c(c1)c(=O)ccn2CC#N. The number of fused-ring (bicyclic) bond motifs is 1. The summed E-state index contributed by atoms with van der Waals surface area (Å²) in [5.41, 5.74) is 1.98. The Balaban J connectivity index is 2.76. The first-order valence-electron chi connectivity index (χ1n) is 5.25. The number of nitrogens with zero attached hydrogens (tertiary/aromatic N) is 2. The van der Waals surface area contributed by atoms with Crippen LogP contribution in [0.5, 0.6) is 0 Å². The summed E-state index contributed by atoms with van der Waals surface area (Å²) in [4.78, 5) is 11.7. The van der Waals surface area contributed by atoms with E-state index in [2.05, 4.69) is 13.0 Å². The summed E-state index contributed by atoms with van der Waals surface area (Å²) in [6.07, 6.45) is 2.57. The first kappa shape index (κ1) is 10.4. The minimum atomic E-state index is 0.0134. The van der Waals surface area contributed by atoms with Gasteiger partial charge >= 0.3 is 0 Å². The summed E-state index contributed by atoms with van der Waals surface area (Å²) in [6.45, 7) is 2.32. The van der Waals surface area contributed by atoms with Crippen LogP contribution in [0.25, 0.3) is 10.9 Å². The molecule has 0 atom stereocenters. The summed E-state index contributed by atoms with van der Waals surface area (Å²) in [5.74, 6) is 0. The van der Waals surface area contributed by atoms with Crippen LogP contribution in [0.15, 0.2) is 35.3 Å². The molecule has 16 heavy (non-hydrogen) atoms. The Hall–Kier alpha value is -2.08. The van der Waals surface area contributed by atoms with Crippen LogP contribution in [0, 0.1) is 11.3 Å². The van der Waals surface area contributed by atoms with Crippen LogP contribution in [-0.2, 0) is 13.0 Å². The van der Waals surface area contributed by atoms with E-state index in [4.69, 9.17) is 5.26 Å². The Bertz CT molecular complexity index is 620. The summed E-state index contributed by atoms with van der Waals surface area (Å²) < 4.78 is 1.79. The zero-order valence-electron chi connectivity index (χ0n) is 9.10. The third kappa shape index (κ3) is 1.70. The topological polar surface area (TPSA) is 45.8 Å². The predicted octanol–water partition coefficient (Wildman–Crippen LogP) is 2.09. The third-order valence-corrected chi connectivity index (χ3v) is 2.69. The van der Waals surface area contributed by atoms with E-state index >= 15 is 0 Å². The molecule has 0 saturated carbocycles. The first-order chi connectivity index (χ1) is 7.76. The standard InChI is InChI=1S/C13H12N2O/c1-2-10-3-4-12-11(9-10)13(16)5-7-15(12)8-6-14/h3-5,7,9H,2,8H2,1H3. The molecule has 0 saturated heterocycles. The zero-order valence-corrected chi connectivity index (χ0v) is 9.10. The predicted molar refractivity (Wildman–Crippen MR) is 63.2 cm³/mol. The van der Waals surface area contributed by atoms with Crippen molar-refractivity contribution in [3.63, 3.8) is 0 Å². The fraction of sp³-hybridized carbons (Fsp3) is 0.231. The minimum Gasteiger partial charge on any atom is -0.333 e. The molecule has 0 spiro atoms. The van der Waals surface area contributed by atoms with Crippen LogP contribution in [-0.4, -0.2) is 4.57 Å². The Morgan fingerprint density at radius 3 is 2.88 bits per heavy atom. The molecule has 1 heterocycles. The van der Waals surface area contributed by atoms with Crippen molar-refractivity contribution in [2.75, 3.05) is 0 Å². The van der Waals surface area contributed by atoms with Crippen molar-refractivity contribution < 1.29 is 0 Å². The van der Waals surface area contributed by atoms with Crippen LogP contribution in [0.3, 0.4) is 0 Å². The molecule has 0 aliphatic carbocycles. The highest BCUT2D eigenvalue weighted by Crippen LogP contribution is 2.13. The molecule has 1 aromatic carbocycles. The Morgan fingerprint density at radius 1 is 1.38 bits per heavy atom. The van der Waals surface area contributed by atoms with Crippen molar-refractivity contribution in [2.24, 2.45) is 0 Å². The van der Waals surface area contributed by atoms with E-state index in [1.54, 1.807) is 10.8 Å². The van der Waals surface area contributed by atoms with Gasteiger partial charge in [0.1, 0.15) is 6.54 Å². The first-order valence-corrected chi connectivity index (χ1v) is 5.25. The molecule has 0 aliphatic heterocycles. The van der Waals surface area contributed by atoms with Gasteiger partial charge in [0.25, 0.3) is 0 Å². The van der Waals surface area contributed by atoms with E-state index in [9.17, 15) is 4.79 Å². The molecule has 80 valence electrons. The van der Waals surface area contributed by atoms with Gasteiger partial charge in [0, 0.05) is 17.6 Å². The smallest absolute Gasteiger partial charge is 0.189 e. The largest absolute Gasteiger partial charge is 0.333 e. The van der Waals surface area contributed by atoms with E-state index < -0.39 is 0 Å². The molecule has 1 aromatic heterocycles. The molecule has 0 aliphatic rings. The second-order valence-corrected chi connectivity index (χ2v) is 3.67. The number of hydrogen-bond acceptors (Lipinski definition) is 2. The molecule has 3 nitrogen and oxygen atoms in total. The highest BCUT2D eigenvalue weighted by atomic mass is 16.1. The molecule has 0 fully saturated rings. The van der Waals surface area contributed by atoms with Gasteiger partial charge in [0.2, 0.25) is 0 Å². The highest BCUT2D eigenvalue weighted by molar-refractivity contribution is 5.79. The molecule has 0 unspecified atom stereocenters. The second-order valence-electron chi connectivity index (χ2n) is 3.67. The number of nitriles is 1. The molecular weight excluding hydrogens is 200 g/mol. The lowest BCUT2D eigenvalue weighted by Crippen LogP contribution is -2.07. The van der Waals surface area contributed by atoms with Gasteiger partial charge in [-0.3, -0.25) is 4.79 Å². The number of rotatable bonds is 2. The average Bonchev–Trinajstić information content (AvgIpc) is 2.33. The lowest BCUT2D eigenvalue weighted by Gasteiger charge is -2.07. The van der Waals surface area contributed by atoms with Gasteiger partial charge in [-0.1, -0.05) is 13.0 Å². The van der Waals surface area contributed by atoms with E-state index in [0.29, 0.717) is 5.39 Å². The van der Waals surface area contributed by atoms with E-state index in [0.717, 1.165) is 17.5 Å². The third-order valence-electron chi connectivity index (χ3n) is 2.69. The van der Waals surface area contributed by atoms with Crippen LogP contribution < -0.4 is 5.43 Å². The van der Waals surface area contributed by atoms with E-state index in [1.165, 1.54) is 6.07 Å². The lowest BCUT2D eigenvalue weighted by molar-refractivity contribution is 0.861. The van der Waals surface area contributed by atoms with Gasteiger partial charge in [-0.05, 0) is 24.1 Å². The maximum atomic E-state index is 11.7. The monoisotopic (exact) mass is 212 g/mol. The number of aromatic nitrogens is 1. The highest BCUT2D eigenvalue weighted by Gasteiger charge is 2.02. The fourth-order valence-corrected chi connectivity index (χ4v) is 1.79. The molecular formula is C13H12N2O. The summed E-state index contributed by atoms with van der Waals surface area (Å²) in [6, 6.07) is 9.41. The number of hydrogen-bond donors (Lipinski definition) is 0. The van der Waals surface area contributed by atoms with Crippen molar-refractivity contribution in [2.45, 2.75) is 19.9 Å². The quantitative estimate of drug-likeness (QED) is 0.765. The molecule has 3 heteroatoms. The number of aryl methyl sites for hydroxylation is 1. The minimum absolute atomic E-state index is 0.0134. The van der Waals surface area contributed by atoms with E-state index in [-0.39, 0.29) is 12.0 Å². The van der Waals surface area contributed by atoms with Crippen molar-refractivity contribution in [3.05, 3.63) is 46.2 Å². The molecule has 2 rings (SSSR count). The van der Waals surface area contributed by atoms with Crippen LogP contribution in [0.4, 0.5) is 0 Å². The number of benzene rings is 1. The fourth-order valence-electron chi connectivity index (χ4n) is 1.79. The van der Waals surface area contributed by atoms with Crippen LogP contribution >= 0.6 is 0 Å². The van der Waals surface area contributed by atoms with Gasteiger partial charge in [-0.25, -0.2) is 0 Å². The molecule has 2 aromatic rings. The van der Waals surface area contributed by atoms with Crippen molar-refractivity contribution in [1.82, 2.24) is 4.57 Å². The molecule has 0 bridgehead atoms. The number of pyridine rings is 1. The van der Waals surface area contributed by atoms with Crippen LogP contribution in [0.2, 0.25) is 0 Å². The van der Waals surface area contributed by atoms with Crippen molar-refractivity contribution in [1.29, 1.82) is 5.26 Å². The van der Waals surface area contributed by atoms with Gasteiger partial charge < -0.3 is 4.57 Å². The Kier molecular flexibility index (Phi) is 2.74. The Morgan fingerprint density at radius 2 is 2.19 bits per heavy atom. The maximum absolute atomic E-state index is 11.7. The average molecular weight is 212 g/mol. The Labute approximate surface area is 93.6 Å². The van der Waals surface area contributed by atoms with E-state index in [1.807, 2.05) is 18.2 Å². The normalized spacial score (nSPS) is 10.2. The van der Waals surface area contributed by atoms with Crippen LogP contribution in [0.1, 0.15) is 12.5 Å². The summed E-state index contributed by atoms with van der Waals surface area (Å²) in [5, 5.41) is 9.39. The lowest BCUT2D eigenvalue weighted by atomic mass is 10.1. The second kappa shape index (κ2) is 4.19. The van der Waals surface area contributed by atoms with Gasteiger partial charge in [0.15, 0.2) is 5.43 Å². The molecule has 0 radical (unpaired) electrons. The maximum Gasteiger partial charge on any atom is 0.189 e. The molecule has 0 amide bonds. The zero-order chi connectivity index (χ0) is 11.5. The van der Waals surface area contributed by atoms with Crippen molar-refractivity contribution in [3.8, 4) is 6.07 Å².